The van der Waals surface area contributed by atoms with E-state index in [1.54, 1.807) is 0 Å². The third-order valence-corrected chi connectivity index (χ3v) is 5.41. The van der Waals surface area contributed by atoms with Crippen LogP contribution in [-0.4, -0.2) is 20.3 Å². The molecule has 6 nitrogen and oxygen atoms in total. The van der Waals surface area contributed by atoms with Crippen molar-refractivity contribution in [1.82, 2.24) is 20.3 Å². The predicted molar refractivity (Wildman–Crippen MR) is 106 cm³/mol. The average molecular weight is 443 g/mol. The Hall–Kier alpha value is -2.45. The number of rotatable bonds is 6. The summed E-state index contributed by atoms with van der Waals surface area (Å²) in [6.45, 7) is 2.12. The number of nitrogens with zero attached hydrogens (tertiary/aromatic N) is 4. The second kappa shape index (κ2) is 8.06. The van der Waals surface area contributed by atoms with Crippen molar-refractivity contribution in [3.63, 3.8) is 0 Å². The molecule has 8 heteroatoms. The van der Waals surface area contributed by atoms with Crippen molar-refractivity contribution in [1.29, 1.82) is 0 Å². The molecule has 0 aliphatic heterocycles. The number of halogens is 1. The summed E-state index contributed by atoms with van der Waals surface area (Å²) < 4.78 is 11.9. The number of hydrogen-bond donors (Lipinski definition) is 0. The van der Waals surface area contributed by atoms with Gasteiger partial charge < -0.3 is 8.94 Å². The molecule has 2 heterocycles. The van der Waals surface area contributed by atoms with Gasteiger partial charge in [-0.3, -0.25) is 0 Å². The van der Waals surface area contributed by atoms with Gasteiger partial charge in [-0.15, -0.1) is 10.2 Å². The summed E-state index contributed by atoms with van der Waals surface area (Å²) in [6, 6.07) is 15.8. The van der Waals surface area contributed by atoms with Crippen LogP contribution in [0.1, 0.15) is 18.4 Å². The number of thioether (sulfide) groups is 1. The quantitative estimate of drug-likeness (QED) is 0.369. The highest BCUT2D eigenvalue weighted by Gasteiger charge is 2.14. The van der Waals surface area contributed by atoms with Crippen LogP contribution >= 0.6 is 27.7 Å². The Labute approximate surface area is 168 Å². The Balaban J connectivity index is 1.42. The first-order valence-electron chi connectivity index (χ1n) is 8.36. The van der Waals surface area contributed by atoms with Crippen LogP contribution in [0, 0.1) is 0 Å². The molecule has 0 saturated heterocycles. The van der Waals surface area contributed by atoms with Crippen LogP contribution in [-0.2, 0) is 12.2 Å². The first-order chi connectivity index (χ1) is 13.2. The first-order valence-corrected chi connectivity index (χ1v) is 10.1. The molecular weight excluding hydrogens is 428 g/mol. The van der Waals surface area contributed by atoms with Crippen molar-refractivity contribution in [2.24, 2.45) is 0 Å². The van der Waals surface area contributed by atoms with E-state index < -0.39 is 0 Å². The maximum Gasteiger partial charge on any atom is 0.277 e. The zero-order valence-electron chi connectivity index (χ0n) is 14.4. The fourth-order valence-corrected chi connectivity index (χ4v) is 3.51. The molecule has 0 unspecified atom stereocenters. The molecule has 136 valence electrons. The third kappa shape index (κ3) is 4.12. The Morgan fingerprint density at radius 3 is 2.63 bits per heavy atom. The molecule has 0 saturated carbocycles. The summed E-state index contributed by atoms with van der Waals surface area (Å²) in [4.78, 5) is 4.43. The monoisotopic (exact) mass is 442 g/mol. The summed E-state index contributed by atoms with van der Waals surface area (Å²) in [5, 5.41) is 12.7. The lowest BCUT2D eigenvalue weighted by atomic mass is 10.1. The molecule has 4 aromatic rings. The molecule has 0 aliphatic rings. The molecule has 4 rings (SSSR count). The van der Waals surface area contributed by atoms with E-state index in [1.165, 1.54) is 17.3 Å². The summed E-state index contributed by atoms with van der Waals surface area (Å²) in [7, 11) is 0. The van der Waals surface area contributed by atoms with Crippen molar-refractivity contribution >= 4 is 27.7 Å². The van der Waals surface area contributed by atoms with E-state index in [1.807, 2.05) is 36.4 Å². The molecule has 0 aliphatic carbocycles. The van der Waals surface area contributed by atoms with E-state index in [0.717, 1.165) is 22.0 Å². The number of hydrogen-bond acceptors (Lipinski definition) is 7. The Kier molecular flexibility index (Phi) is 5.35. The predicted octanol–water partition coefficient (Wildman–Crippen LogP) is 5.40. The zero-order valence-corrected chi connectivity index (χ0v) is 16.8. The van der Waals surface area contributed by atoms with Crippen LogP contribution in [0.5, 0.6) is 0 Å². The lowest BCUT2D eigenvalue weighted by Crippen LogP contribution is -1.84. The lowest BCUT2D eigenvalue weighted by Gasteiger charge is -1.97. The topological polar surface area (TPSA) is 77.8 Å². The first kappa shape index (κ1) is 17.9. The second-order valence-electron chi connectivity index (χ2n) is 5.70. The van der Waals surface area contributed by atoms with Crippen LogP contribution in [0.2, 0.25) is 0 Å². The minimum absolute atomic E-state index is 0.452. The van der Waals surface area contributed by atoms with E-state index in [4.69, 9.17) is 8.94 Å². The molecule has 0 atom stereocenters. The Bertz CT molecular complexity index is 1050. The lowest BCUT2D eigenvalue weighted by molar-refractivity contribution is 0.391. The highest BCUT2D eigenvalue weighted by atomic mass is 79.9. The van der Waals surface area contributed by atoms with Gasteiger partial charge in [0.1, 0.15) is 0 Å². The number of benzene rings is 2. The normalized spacial score (nSPS) is 11.0. The zero-order chi connectivity index (χ0) is 18.6. The van der Waals surface area contributed by atoms with Crippen molar-refractivity contribution < 1.29 is 8.94 Å². The van der Waals surface area contributed by atoms with Crippen molar-refractivity contribution in [3.05, 3.63) is 64.5 Å². The van der Waals surface area contributed by atoms with Gasteiger partial charge in [0.25, 0.3) is 5.22 Å². The van der Waals surface area contributed by atoms with Gasteiger partial charge in [0.2, 0.25) is 17.6 Å². The average Bonchev–Trinajstić information content (AvgIpc) is 3.36. The SMILES string of the molecule is CCc1ccc(-c2noc(CSc3nnc(-c4ccccc4Br)o3)n2)cc1. The molecule has 0 radical (unpaired) electrons. The van der Waals surface area contributed by atoms with Gasteiger partial charge in [-0.25, -0.2) is 0 Å². The van der Waals surface area contributed by atoms with Crippen LogP contribution in [0.25, 0.3) is 22.8 Å². The van der Waals surface area contributed by atoms with Gasteiger partial charge in [-0.05, 0) is 40.0 Å². The molecule has 2 aromatic carbocycles. The summed E-state index contributed by atoms with van der Waals surface area (Å²) in [5.74, 6) is 2.01. The minimum Gasteiger partial charge on any atom is -0.411 e. The maximum absolute atomic E-state index is 5.71. The van der Waals surface area contributed by atoms with E-state index in [0.29, 0.717) is 28.6 Å². The Morgan fingerprint density at radius 2 is 1.85 bits per heavy atom. The van der Waals surface area contributed by atoms with E-state index >= 15 is 0 Å². The summed E-state index contributed by atoms with van der Waals surface area (Å²) in [6.07, 6.45) is 1.00. The minimum atomic E-state index is 0.452. The molecule has 0 N–H and O–H groups in total. The third-order valence-electron chi connectivity index (χ3n) is 3.92. The Morgan fingerprint density at radius 1 is 1.04 bits per heavy atom. The van der Waals surface area contributed by atoms with Gasteiger partial charge in [0, 0.05) is 10.0 Å². The van der Waals surface area contributed by atoms with Crippen molar-refractivity contribution in [2.75, 3.05) is 0 Å². The van der Waals surface area contributed by atoms with E-state index in [-0.39, 0.29) is 0 Å². The van der Waals surface area contributed by atoms with Crippen LogP contribution in [0.15, 0.2) is 67.2 Å². The van der Waals surface area contributed by atoms with Gasteiger partial charge in [0.15, 0.2) is 0 Å². The highest BCUT2D eigenvalue weighted by molar-refractivity contribution is 9.10. The van der Waals surface area contributed by atoms with Gasteiger partial charge in [-0.2, -0.15) is 4.98 Å². The highest BCUT2D eigenvalue weighted by Crippen LogP contribution is 2.30. The smallest absolute Gasteiger partial charge is 0.277 e. The van der Waals surface area contributed by atoms with Crippen LogP contribution < -0.4 is 0 Å². The standard InChI is InChI=1S/C19H15BrN4O2S/c1-2-12-7-9-13(10-8-12)17-21-16(26-24-17)11-27-19-23-22-18(25-19)14-5-3-4-6-15(14)20/h3-10H,2,11H2,1H3. The maximum atomic E-state index is 5.71. The van der Waals surface area contributed by atoms with Gasteiger partial charge in [-0.1, -0.05) is 60.2 Å². The molecular formula is C19H15BrN4O2S. The molecule has 27 heavy (non-hydrogen) atoms. The second-order valence-corrected chi connectivity index (χ2v) is 7.48. The fraction of sp³-hybridized carbons (Fsp3) is 0.158. The van der Waals surface area contributed by atoms with Gasteiger partial charge in [0.05, 0.1) is 11.3 Å². The van der Waals surface area contributed by atoms with Crippen LogP contribution in [0.3, 0.4) is 0 Å². The molecule has 2 aromatic heterocycles. The summed E-state index contributed by atoms with van der Waals surface area (Å²) >= 11 is 4.84. The molecule has 0 bridgehead atoms. The van der Waals surface area contributed by atoms with E-state index in [9.17, 15) is 0 Å². The number of aromatic nitrogens is 4. The van der Waals surface area contributed by atoms with E-state index in [2.05, 4.69) is 55.3 Å². The summed E-state index contributed by atoms with van der Waals surface area (Å²) in [5.41, 5.74) is 3.06. The van der Waals surface area contributed by atoms with Crippen molar-refractivity contribution in [2.45, 2.75) is 24.3 Å². The van der Waals surface area contributed by atoms with Crippen molar-refractivity contribution in [3.8, 4) is 22.8 Å². The molecule has 0 fully saturated rings. The molecule has 0 amide bonds. The fourth-order valence-electron chi connectivity index (χ4n) is 2.46. The van der Waals surface area contributed by atoms with Crippen LogP contribution in [0.4, 0.5) is 0 Å². The molecule has 0 spiro atoms. The number of aryl methyl sites for hydroxylation is 1. The largest absolute Gasteiger partial charge is 0.411 e. The van der Waals surface area contributed by atoms with Gasteiger partial charge >= 0.3 is 0 Å².